The lowest BCUT2D eigenvalue weighted by Gasteiger charge is -2.37. The highest BCUT2D eigenvalue weighted by molar-refractivity contribution is 6.98. The summed E-state index contributed by atoms with van der Waals surface area (Å²) in [7, 11) is 0. The van der Waals surface area contributed by atoms with Crippen LogP contribution in [0.1, 0.15) is 0 Å². The Morgan fingerprint density at radius 1 is 0.380 bits per heavy atom. The van der Waals surface area contributed by atoms with Gasteiger partial charge in [0.2, 0.25) is 6.71 Å². The van der Waals surface area contributed by atoms with Crippen LogP contribution in [0, 0.1) is 0 Å². The fourth-order valence-corrected chi connectivity index (χ4v) is 7.69. The third kappa shape index (κ3) is 4.76. The molecule has 0 fully saturated rings. The molecule has 3 nitrogen and oxygen atoms in total. The second-order valence-corrected chi connectivity index (χ2v) is 13.1. The van der Waals surface area contributed by atoms with Gasteiger partial charge in [-0.05, 0) is 80.0 Å². The molecular weight excluding hydrogens is 605 g/mol. The average molecular weight is 636 g/mol. The maximum atomic E-state index is 4.94. The van der Waals surface area contributed by atoms with E-state index in [1.807, 2.05) is 12.4 Å². The summed E-state index contributed by atoms with van der Waals surface area (Å²) in [6.07, 6.45) is 3.96. The number of anilines is 3. The Morgan fingerprint density at radius 2 is 0.960 bits per heavy atom. The number of fused-ring (bicyclic) bond motifs is 5. The summed E-state index contributed by atoms with van der Waals surface area (Å²) < 4.78 is 0. The van der Waals surface area contributed by atoms with Crippen LogP contribution in [0.2, 0.25) is 0 Å². The molecule has 50 heavy (non-hydrogen) atoms. The number of aromatic nitrogens is 2. The van der Waals surface area contributed by atoms with Gasteiger partial charge in [0.05, 0.1) is 11.4 Å². The molecule has 0 N–H and O–H groups in total. The molecular formula is C46H30BN3. The fraction of sp³-hybridized carbons (Fsp3) is 0. The second-order valence-electron chi connectivity index (χ2n) is 13.1. The number of pyridine rings is 2. The van der Waals surface area contributed by atoms with Gasteiger partial charge >= 0.3 is 0 Å². The molecule has 0 saturated heterocycles. The molecule has 3 heterocycles. The zero-order chi connectivity index (χ0) is 33.0. The number of nitrogens with zero attached hydrogens (tertiary/aromatic N) is 3. The summed E-state index contributed by atoms with van der Waals surface area (Å²) in [6, 6.07) is 61.3. The lowest BCUT2D eigenvalue weighted by atomic mass is 9.35. The molecule has 0 amide bonds. The second kappa shape index (κ2) is 11.6. The van der Waals surface area contributed by atoms with Crippen LogP contribution in [-0.2, 0) is 0 Å². The average Bonchev–Trinajstić information content (AvgIpc) is 3.19. The molecule has 9 aromatic rings. The molecule has 1 aliphatic rings. The summed E-state index contributed by atoms with van der Waals surface area (Å²) in [4.78, 5) is 12.3. The van der Waals surface area contributed by atoms with Crippen molar-refractivity contribution < 1.29 is 0 Å². The van der Waals surface area contributed by atoms with E-state index in [0.717, 1.165) is 39.0 Å². The van der Waals surface area contributed by atoms with Gasteiger partial charge in [0.25, 0.3) is 0 Å². The van der Waals surface area contributed by atoms with E-state index in [1.165, 1.54) is 49.3 Å². The molecule has 2 aromatic heterocycles. The number of para-hydroxylation sites is 1. The van der Waals surface area contributed by atoms with Crippen molar-refractivity contribution in [2.24, 2.45) is 0 Å². The van der Waals surface area contributed by atoms with Crippen molar-refractivity contribution in [2.75, 3.05) is 4.90 Å². The fourth-order valence-electron chi connectivity index (χ4n) is 7.69. The number of hydrogen-bond acceptors (Lipinski definition) is 3. The standard InChI is InChI=1S/C46H30BN3/c1-2-11-32-25-40(22-20-31(32)10-1)50-45-19-8-7-18-41(45)47(39-17-9-16-35(24-39)43-27-33-12-3-5-14-37(33)29-48-43)42-26-36(21-23-46(42)50)44-28-34-13-4-6-15-38(34)30-49-44/h1-30H. The predicted octanol–water partition coefficient (Wildman–Crippen LogP) is 9.57. The third-order valence-corrected chi connectivity index (χ3v) is 10.1. The highest BCUT2D eigenvalue weighted by atomic mass is 15.1. The van der Waals surface area contributed by atoms with Crippen molar-refractivity contribution >= 4 is 72.5 Å². The van der Waals surface area contributed by atoms with Crippen molar-refractivity contribution in [1.29, 1.82) is 0 Å². The first-order valence-corrected chi connectivity index (χ1v) is 17.1. The molecule has 1 aliphatic heterocycles. The number of benzene rings is 7. The maximum Gasteiger partial charge on any atom is 0.246 e. The molecule has 232 valence electrons. The molecule has 0 atom stereocenters. The van der Waals surface area contributed by atoms with E-state index >= 15 is 0 Å². The molecule has 0 spiro atoms. The Hall–Kier alpha value is -6.52. The van der Waals surface area contributed by atoms with Gasteiger partial charge in [0, 0.05) is 40.2 Å². The zero-order valence-corrected chi connectivity index (χ0v) is 27.2. The van der Waals surface area contributed by atoms with Gasteiger partial charge < -0.3 is 4.90 Å². The van der Waals surface area contributed by atoms with Gasteiger partial charge in [-0.3, -0.25) is 9.97 Å². The SMILES string of the molecule is c1cc(B2c3ccccc3N(c3ccc4ccccc4c3)c3ccc(-c4cc5ccccc5cn4)cc32)cc(-c2cc3ccccc3cn2)c1. The Bertz CT molecular complexity index is 2750. The minimum Gasteiger partial charge on any atom is -0.312 e. The first-order chi connectivity index (χ1) is 24.8. The summed E-state index contributed by atoms with van der Waals surface area (Å²) in [5.41, 5.74) is 11.4. The first-order valence-electron chi connectivity index (χ1n) is 17.1. The third-order valence-electron chi connectivity index (χ3n) is 10.1. The Labute approximate surface area is 291 Å². The first kappa shape index (κ1) is 28.5. The van der Waals surface area contributed by atoms with Gasteiger partial charge in [-0.15, -0.1) is 0 Å². The minimum atomic E-state index is -0.00119. The Morgan fingerprint density at radius 3 is 1.68 bits per heavy atom. The molecule has 7 aromatic carbocycles. The summed E-state index contributed by atoms with van der Waals surface area (Å²) in [5, 5.41) is 7.12. The summed E-state index contributed by atoms with van der Waals surface area (Å²) >= 11 is 0. The van der Waals surface area contributed by atoms with Crippen molar-refractivity contribution in [2.45, 2.75) is 0 Å². The van der Waals surface area contributed by atoms with E-state index in [2.05, 4.69) is 175 Å². The van der Waals surface area contributed by atoms with Crippen LogP contribution in [-0.4, -0.2) is 16.7 Å². The van der Waals surface area contributed by atoms with Crippen LogP contribution >= 0.6 is 0 Å². The topological polar surface area (TPSA) is 29.0 Å². The smallest absolute Gasteiger partial charge is 0.246 e. The molecule has 10 rings (SSSR count). The lowest BCUT2D eigenvalue weighted by Crippen LogP contribution is -2.57. The number of rotatable bonds is 4. The van der Waals surface area contributed by atoms with E-state index in [4.69, 9.17) is 9.97 Å². The van der Waals surface area contributed by atoms with Crippen LogP contribution in [0.25, 0.3) is 54.8 Å². The van der Waals surface area contributed by atoms with Crippen LogP contribution in [0.5, 0.6) is 0 Å². The van der Waals surface area contributed by atoms with E-state index in [1.54, 1.807) is 0 Å². The quantitative estimate of drug-likeness (QED) is 0.181. The van der Waals surface area contributed by atoms with Crippen molar-refractivity contribution in [3.63, 3.8) is 0 Å². The van der Waals surface area contributed by atoms with Crippen LogP contribution in [0.15, 0.2) is 182 Å². The molecule has 0 saturated carbocycles. The van der Waals surface area contributed by atoms with Crippen molar-refractivity contribution in [3.05, 3.63) is 182 Å². The van der Waals surface area contributed by atoms with E-state index < -0.39 is 0 Å². The molecule has 0 radical (unpaired) electrons. The van der Waals surface area contributed by atoms with Crippen LogP contribution in [0.3, 0.4) is 0 Å². The summed E-state index contributed by atoms with van der Waals surface area (Å²) in [6.45, 7) is -0.00119. The van der Waals surface area contributed by atoms with Gasteiger partial charge in [0.1, 0.15) is 0 Å². The Kier molecular flexibility index (Phi) is 6.60. The van der Waals surface area contributed by atoms with E-state index in [9.17, 15) is 0 Å². The van der Waals surface area contributed by atoms with Gasteiger partial charge in [-0.25, -0.2) is 0 Å². The Balaban J connectivity index is 1.18. The molecule has 0 unspecified atom stereocenters. The van der Waals surface area contributed by atoms with Crippen LogP contribution < -0.4 is 21.3 Å². The monoisotopic (exact) mass is 635 g/mol. The van der Waals surface area contributed by atoms with Gasteiger partial charge in [-0.2, -0.15) is 0 Å². The van der Waals surface area contributed by atoms with Crippen molar-refractivity contribution in [1.82, 2.24) is 9.97 Å². The largest absolute Gasteiger partial charge is 0.312 e. The predicted molar refractivity (Wildman–Crippen MR) is 211 cm³/mol. The molecule has 0 bridgehead atoms. The van der Waals surface area contributed by atoms with Gasteiger partial charge in [-0.1, -0.05) is 139 Å². The zero-order valence-electron chi connectivity index (χ0n) is 27.2. The maximum absolute atomic E-state index is 4.94. The molecule has 4 heteroatoms. The highest BCUT2D eigenvalue weighted by Gasteiger charge is 2.35. The highest BCUT2D eigenvalue weighted by Crippen LogP contribution is 2.38. The van der Waals surface area contributed by atoms with Crippen LogP contribution in [0.4, 0.5) is 17.1 Å². The summed E-state index contributed by atoms with van der Waals surface area (Å²) in [5.74, 6) is 0. The lowest BCUT2D eigenvalue weighted by molar-refractivity contribution is 1.29. The normalized spacial score (nSPS) is 12.3. The number of hydrogen-bond donors (Lipinski definition) is 0. The van der Waals surface area contributed by atoms with E-state index in [-0.39, 0.29) is 6.71 Å². The van der Waals surface area contributed by atoms with E-state index in [0.29, 0.717) is 0 Å². The van der Waals surface area contributed by atoms with Gasteiger partial charge in [0.15, 0.2) is 0 Å². The van der Waals surface area contributed by atoms with Crippen molar-refractivity contribution in [3.8, 4) is 22.5 Å². The molecule has 0 aliphatic carbocycles. The minimum absolute atomic E-state index is 0.00119.